The molecule has 2 aromatic carbocycles. The normalized spacial score (nSPS) is 14.1. The zero-order valence-corrected chi connectivity index (χ0v) is 10.8. The van der Waals surface area contributed by atoms with Crippen molar-refractivity contribution in [1.82, 2.24) is 0 Å². The van der Waals surface area contributed by atoms with Crippen molar-refractivity contribution in [3.63, 3.8) is 0 Å². The van der Waals surface area contributed by atoms with Gasteiger partial charge < -0.3 is 10.8 Å². The van der Waals surface area contributed by atoms with Crippen LogP contribution in [0.2, 0.25) is 0 Å². The molecule has 0 saturated heterocycles. The summed E-state index contributed by atoms with van der Waals surface area (Å²) in [7, 11) is 0. The maximum absolute atomic E-state index is 11.6. The molecule has 2 aromatic rings. The molecule has 0 heterocycles. The quantitative estimate of drug-likeness (QED) is 0.878. The Labute approximate surface area is 112 Å². The van der Waals surface area contributed by atoms with Crippen molar-refractivity contribution in [1.29, 1.82) is 0 Å². The summed E-state index contributed by atoms with van der Waals surface area (Å²) in [4.78, 5) is 11.6. The van der Waals surface area contributed by atoms with Crippen molar-refractivity contribution in [2.75, 3.05) is 0 Å². The summed E-state index contributed by atoms with van der Waals surface area (Å²) in [6, 6.07) is 18.8. The smallest absolute Gasteiger partial charge is 0.250 e. The van der Waals surface area contributed by atoms with E-state index in [1.807, 2.05) is 60.7 Å². The van der Waals surface area contributed by atoms with E-state index in [4.69, 9.17) is 5.73 Å². The van der Waals surface area contributed by atoms with Crippen molar-refractivity contribution in [2.45, 2.75) is 18.4 Å². The highest BCUT2D eigenvalue weighted by Crippen LogP contribution is 2.34. The minimum absolute atomic E-state index is 0.479. The van der Waals surface area contributed by atoms with E-state index in [0.717, 1.165) is 11.1 Å². The van der Waals surface area contributed by atoms with Gasteiger partial charge in [0.2, 0.25) is 5.91 Å². The van der Waals surface area contributed by atoms with Gasteiger partial charge in [-0.05, 0) is 18.1 Å². The molecule has 3 N–H and O–H groups in total. The summed E-state index contributed by atoms with van der Waals surface area (Å²) >= 11 is 0. The average Bonchev–Trinajstić information content (AvgIpc) is 2.41. The Morgan fingerprint density at radius 1 is 1.00 bits per heavy atom. The number of rotatable bonds is 4. The topological polar surface area (TPSA) is 63.3 Å². The zero-order valence-electron chi connectivity index (χ0n) is 10.8. The number of benzene rings is 2. The van der Waals surface area contributed by atoms with Gasteiger partial charge in [-0.15, -0.1) is 0 Å². The van der Waals surface area contributed by atoms with Gasteiger partial charge in [0.15, 0.2) is 5.60 Å². The third kappa shape index (κ3) is 2.66. The van der Waals surface area contributed by atoms with E-state index in [0.29, 0.717) is 0 Å². The van der Waals surface area contributed by atoms with Crippen molar-refractivity contribution < 1.29 is 9.90 Å². The second kappa shape index (κ2) is 5.24. The molecule has 1 atom stereocenters. The first-order chi connectivity index (χ1) is 9.03. The molecule has 98 valence electrons. The number of carbonyl (C=O) groups is 1. The van der Waals surface area contributed by atoms with Crippen LogP contribution < -0.4 is 5.73 Å². The zero-order chi connectivity index (χ0) is 13.9. The van der Waals surface area contributed by atoms with Gasteiger partial charge in [0.05, 0.1) is 0 Å². The molecule has 2 rings (SSSR count). The van der Waals surface area contributed by atoms with Crippen molar-refractivity contribution in [3.05, 3.63) is 71.8 Å². The lowest BCUT2D eigenvalue weighted by Crippen LogP contribution is -2.46. The van der Waals surface area contributed by atoms with Crippen molar-refractivity contribution in [2.24, 2.45) is 5.73 Å². The number of nitrogens with two attached hydrogens (primary N) is 1. The maximum Gasteiger partial charge on any atom is 0.250 e. The first kappa shape index (κ1) is 13.3. The average molecular weight is 255 g/mol. The molecular weight excluding hydrogens is 238 g/mol. The minimum atomic E-state index is -1.64. The van der Waals surface area contributed by atoms with Crippen LogP contribution in [0.1, 0.15) is 24.0 Å². The highest BCUT2D eigenvalue weighted by atomic mass is 16.3. The molecule has 0 spiro atoms. The summed E-state index contributed by atoms with van der Waals surface area (Å²) in [6.07, 6.45) is 0. The van der Waals surface area contributed by atoms with Crippen LogP contribution in [-0.2, 0) is 4.79 Å². The Bertz CT molecular complexity index is 510. The highest BCUT2D eigenvalue weighted by molar-refractivity contribution is 5.84. The van der Waals surface area contributed by atoms with E-state index in [-0.39, 0.29) is 0 Å². The van der Waals surface area contributed by atoms with Gasteiger partial charge >= 0.3 is 0 Å². The van der Waals surface area contributed by atoms with Gasteiger partial charge in [0, 0.05) is 5.92 Å². The monoisotopic (exact) mass is 255 g/mol. The fourth-order valence-corrected chi connectivity index (χ4v) is 2.27. The molecule has 0 bridgehead atoms. The van der Waals surface area contributed by atoms with Gasteiger partial charge in [-0.3, -0.25) is 4.79 Å². The van der Waals surface area contributed by atoms with Crippen LogP contribution in [0.5, 0.6) is 0 Å². The lowest BCUT2D eigenvalue weighted by molar-refractivity contribution is -0.135. The predicted molar refractivity (Wildman–Crippen MR) is 74.5 cm³/mol. The second-order valence-electron chi connectivity index (χ2n) is 4.77. The Hall–Kier alpha value is -2.13. The van der Waals surface area contributed by atoms with E-state index in [1.165, 1.54) is 6.92 Å². The van der Waals surface area contributed by atoms with Gasteiger partial charge in [0.25, 0.3) is 0 Å². The van der Waals surface area contributed by atoms with Gasteiger partial charge in [-0.2, -0.15) is 0 Å². The predicted octanol–water partition coefficient (Wildman–Crippen LogP) is 2.05. The number of hydrogen-bond acceptors (Lipinski definition) is 2. The van der Waals surface area contributed by atoms with E-state index in [2.05, 4.69) is 0 Å². The van der Waals surface area contributed by atoms with Crippen molar-refractivity contribution in [3.8, 4) is 0 Å². The Kier molecular flexibility index (Phi) is 3.67. The highest BCUT2D eigenvalue weighted by Gasteiger charge is 2.39. The molecule has 19 heavy (non-hydrogen) atoms. The minimum Gasteiger partial charge on any atom is -0.379 e. The lowest BCUT2D eigenvalue weighted by atomic mass is 9.78. The van der Waals surface area contributed by atoms with E-state index < -0.39 is 17.4 Å². The molecule has 0 aliphatic rings. The Morgan fingerprint density at radius 3 is 1.68 bits per heavy atom. The maximum atomic E-state index is 11.6. The van der Waals surface area contributed by atoms with E-state index >= 15 is 0 Å². The van der Waals surface area contributed by atoms with Crippen LogP contribution >= 0.6 is 0 Å². The SMILES string of the molecule is CC(O)(C(N)=O)C(c1ccccc1)c1ccccc1. The third-order valence-corrected chi connectivity index (χ3v) is 3.33. The molecule has 0 fully saturated rings. The number of aliphatic hydroxyl groups is 1. The largest absolute Gasteiger partial charge is 0.379 e. The molecule has 0 radical (unpaired) electrons. The molecule has 1 unspecified atom stereocenters. The van der Waals surface area contributed by atoms with E-state index in [9.17, 15) is 9.90 Å². The van der Waals surface area contributed by atoms with Crippen LogP contribution in [0.3, 0.4) is 0 Å². The van der Waals surface area contributed by atoms with Gasteiger partial charge in [0.1, 0.15) is 0 Å². The van der Waals surface area contributed by atoms with Gasteiger partial charge in [-0.25, -0.2) is 0 Å². The summed E-state index contributed by atoms with van der Waals surface area (Å²) in [6.45, 7) is 1.46. The first-order valence-electron chi connectivity index (χ1n) is 6.15. The molecule has 0 aliphatic carbocycles. The summed E-state index contributed by atoms with van der Waals surface area (Å²) in [5.41, 5.74) is 5.44. The van der Waals surface area contributed by atoms with Crippen LogP contribution in [0.25, 0.3) is 0 Å². The van der Waals surface area contributed by atoms with Gasteiger partial charge in [-0.1, -0.05) is 60.7 Å². The number of carbonyl (C=O) groups excluding carboxylic acids is 1. The van der Waals surface area contributed by atoms with Crippen LogP contribution in [-0.4, -0.2) is 16.6 Å². The number of amides is 1. The molecule has 0 aliphatic heterocycles. The summed E-state index contributed by atoms with van der Waals surface area (Å²) in [5, 5.41) is 10.5. The van der Waals surface area contributed by atoms with Crippen LogP contribution in [0, 0.1) is 0 Å². The Morgan fingerprint density at radius 2 is 1.37 bits per heavy atom. The van der Waals surface area contributed by atoms with E-state index in [1.54, 1.807) is 0 Å². The molecule has 0 aromatic heterocycles. The molecule has 0 saturated carbocycles. The second-order valence-corrected chi connectivity index (χ2v) is 4.77. The summed E-state index contributed by atoms with van der Waals surface area (Å²) in [5.74, 6) is -1.21. The fourth-order valence-electron chi connectivity index (χ4n) is 2.27. The fraction of sp³-hybridized carbons (Fsp3) is 0.188. The third-order valence-electron chi connectivity index (χ3n) is 3.33. The molecule has 1 amide bonds. The lowest BCUT2D eigenvalue weighted by Gasteiger charge is -2.31. The number of primary amides is 1. The molecule has 3 heteroatoms. The standard InChI is InChI=1S/C16H17NO2/c1-16(19,15(17)18)14(12-8-4-2-5-9-12)13-10-6-3-7-11-13/h2-11,14,19H,1H3,(H2,17,18). The molecular formula is C16H17NO2. The van der Waals surface area contributed by atoms with Crippen LogP contribution in [0.4, 0.5) is 0 Å². The van der Waals surface area contributed by atoms with Crippen molar-refractivity contribution >= 4 is 5.91 Å². The summed E-state index contributed by atoms with van der Waals surface area (Å²) < 4.78 is 0. The molecule has 3 nitrogen and oxygen atoms in total. The first-order valence-corrected chi connectivity index (χ1v) is 6.15. The number of hydrogen-bond donors (Lipinski definition) is 2. The Balaban J connectivity index is 2.55. The van der Waals surface area contributed by atoms with Crippen LogP contribution in [0.15, 0.2) is 60.7 Å².